The van der Waals surface area contributed by atoms with Crippen molar-refractivity contribution in [3.63, 3.8) is 0 Å². The van der Waals surface area contributed by atoms with Crippen LogP contribution in [0.4, 0.5) is 22.7 Å². The molecule has 0 aliphatic rings. The standard InChI is InChI=1S/2C7H10N2.2CH4.2Ba.H2O4S.2H2O/c2*1-5-4-6(8)2-3-7(5)9;;;;;1-4-5(2)3;;/h2*2-4H,8-9H2,1H3;2*1H4;;;1H,(H,2,3);2*1H2/q;;;;;+2;;;/p-2. The zero-order valence-electron chi connectivity index (χ0n) is 15.2. The Kier molecular flexibility index (Phi) is 33.0. The molecule has 0 bridgehead atoms. The number of nitrogen functional groups attached to an aromatic ring is 4. The van der Waals surface area contributed by atoms with Gasteiger partial charge in [-0.1, -0.05) is 14.9 Å². The molecule has 0 saturated heterocycles. The minimum absolute atomic E-state index is 0. The fourth-order valence-electron chi connectivity index (χ4n) is 1.40. The number of benzene rings is 2. The molecule has 0 radical (unpaired) electrons. The summed E-state index contributed by atoms with van der Waals surface area (Å²) >= 11 is -0.426. The molecule has 1 unspecified atom stereocenters. The summed E-state index contributed by atoms with van der Waals surface area (Å²) in [5, 5.41) is 7.43. The Bertz CT molecular complexity index is 731. The van der Waals surface area contributed by atoms with Gasteiger partial charge < -0.3 is 33.9 Å². The van der Waals surface area contributed by atoms with Crippen LogP contribution in [0, 0.1) is 13.8 Å². The molecule has 2 aromatic rings. The molecule has 0 spiro atoms. The Morgan fingerprint density at radius 3 is 1.24 bits per heavy atom. The van der Waals surface area contributed by atoms with Crippen LogP contribution in [-0.2, 0) is 6.56 Å². The Morgan fingerprint density at radius 1 is 0.862 bits per heavy atom. The summed E-state index contributed by atoms with van der Waals surface area (Å²) in [5.74, 6) is 0. The molecule has 0 heterocycles. The third kappa shape index (κ3) is 23.2. The van der Waals surface area contributed by atoms with Crippen LogP contribution >= 0.6 is 0 Å². The van der Waals surface area contributed by atoms with Crippen LogP contribution in [0.15, 0.2) is 36.4 Å². The topological polar surface area (TPSA) is 231 Å². The van der Waals surface area contributed by atoms with E-state index in [0.717, 1.165) is 33.9 Å². The van der Waals surface area contributed by atoms with E-state index in [9.17, 15) is 4.21 Å². The molecule has 12 N–H and O–H groups in total. The molecule has 13 heteroatoms. The largest absolute Gasteiger partial charge is 2.00 e. The van der Waals surface area contributed by atoms with Gasteiger partial charge in [0.1, 0.15) is 0 Å². The van der Waals surface area contributed by atoms with Crippen LogP contribution < -0.4 is 22.9 Å². The molecule has 162 valence electrons. The predicted octanol–water partition coefficient (Wildman–Crippen LogP) is 2.09. The zero-order chi connectivity index (χ0) is 18.9. The molecule has 0 saturated carbocycles. The van der Waals surface area contributed by atoms with Gasteiger partial charge in [0.15, 0.2) is 0 Å². The third-order valence-corrected chi connectivity index (χ3v) is 3.93. The molecule has 29 heavy (non-hydrogen) atoms. The van der Waals surface area contributed by atoms with Crippen molar-refractivity contribution in [2.75, 3.05) is 22.9 Å². The van der Waals surface area contributed by atoms with Crippen LogP contribution in [0.1, 0.15) is 26.0 Å². The molecule has 10 nitrogen and oxygen atoms in total. The average Bonchev–Trinajstić information content (AvgIpc) is 2.48. The molecule has 0 fully saturated rings. The van der Waals surface area contributed by atoms with Gasteiger partial charge in [-0.15, -0.1) is 0 Å². The smallest absolute Gasteiger partial charge is 0.870 e. The summed E-state index contributed by atoms with van der Waals surface area (Å²) in [6, 6.07) is 10.9. The predicted molar refractivity (Wildman–Crippen MR) is 123 cm³/mol. The maximum atomic E-state index is 9.73. The molecule has 0 aromatic heterocycles. The molecule has 0 amide bonds. The number of hydrogen-bond acceptors (Lipinski definition) is 9. The molecule has 2 aromatic carbocycles. The number of anilines is 4. The van der Waals surface area contributed by atoms with Crippen molar-refractivity contribution in [2.24, 2.45) is 0 Å². The van der Waals surface area contributed by atoms with Gasteiger partial charge >= 0.3 is 113 Å². The van der Waals surface area contributed by atoms with Crippen LogP contribution in [-0.4, -0.2) is 118 Å². The minimum Gasteiger partial charge on any atom is -0.870 e. The van der Waals surface area contributed by atoms with Gasteiger partial charge in [0.25, 0.3) is 0 Å². The van der Waals surface area contributed by atoms with Crippen molar-refractivity contribution in [1.82, 2.24) is 0 Å². The molecular formula is C16H32Ba2N4O6S. The van der Waals surface area contributed by atoms with Gasteiger partial charge in [-0.25, -0.2) is 0 Å². The van der Waals surface area contributed by atoms with E-state index >= 15 is 0 Å². The molecule has 2 rings (SSSR count). The maximum absolute atomic E-state index is 9.73. The van der Waals surface area contributed by atoms with E-state index in [4.69, 9.17) is 32.7 Å². The second kappa shape index (κ2) is 21.9. The number of aryl methyl sites for hydroxylation is 2. The number of nitrogens with two attached hydrogens (primary N) is 4. The molecule has 1 atom stereocenters. The van der Waals surface area contributed by atoms with Gasteiger partial charge in [0.2, 0.25) is 0 Å². The van der Waals surface area contributed by atoms with E-state index in [1.165, 1.54) is 0 Å². The quantitative estimate of drug-likeness (QED) is 0.111. The van der Waals surface area contributed by atoms with Crippen molar-refractivity contribution >= 4 is 118 Å². The molecule has 0 aliphatic heterocycles. The number of hydrogen-bond donors (Lipinski definition) is 6. The summed E-state index contributed by atoms with van der Waals surface area (Å²) in [6.07, 6.45) is 0. The Hall–Kier alpha value is 0.733. The summed E-state index contributed by atoms with van der Waals surface area (Å²) in [6.45, 7) is 3.87. The van der Waals surface area contributed by atoms with E-state index in [2.05, 4.69) is 4.33 Å². The Labute approximate surface area is 242 Å². The Morgan fingerprint density at radius 2 is 1.10 bits per heavy atom. The van der Waals surface area contributed by atoms with Gasteiger partial charge in [-0.2, -0.15) is 0 Å². The van der Waals surface area contributed by atoms with Gasteiger partial charge in [0, 0.05) is 22.7 Å². The van der Waals surface area contributed by atoms with Crippen LogP contribution in [0.3, 0.4) is 0 Å². The normalized spacial score (nSPS) is 10.0. The van der Waals surface area contributed by atoms with Crippen molar-refractivity contribution in [2.45, 2.75) is 28.7 Å². The van der Waals surface area contributed by atoms with E-state index in [1.807, 2.05) is 38.1 Å². The third-order valence-electron chi connectivity index (χ3n) is 2.70. The van der Waals surface area contributed by atoms with Crippen LogP contribution in [0.5, 0.6) is 0 Å². The Balaban J connectivity index is -0.0000000642. The van der Waals surface area contributed by atoms with Crippen molar-refractivity contribution in [1.29, 1.82) is 0 Å². The first-order valence-corrected chi connectivity index (χ1v) is 13.7. The first-order chi connectivity index (χ1) is 11.0. The zero-order valence-corrected chi connectivity index (χ0v) is 24.9. The minimum atomic E-state index is -3.16. The SMILES string of the molecule is C.C.Cc1cc(N)ccc1N.Cc1cc(N)ccc1N.O=[S](O)(=[Ba])OO.[Ba+2].[OH-].[OH-]. The van der Waals surface area contributed by atoms with Gasteiger partial charge in [-0.3, -0.25) is 0 Å². The van der Waals surface area contributed by atoms with E-state index in [1.54, 1.807) is 12.1 Å². The summed E-state index contributed by atoms with van der Waals surface area (Å²) < 4.78 is 17.6. The summed E-state index contributed by atoms with van der Waals surface area (Å²) in [4.78, 5) is 0. The maximum Gasteiger partial charge on any atom is 2.00 e. The first kappa shape index (κ1) is 43.6. The van der Waals surface area contributed by atoms with E-state index in [-0.39, 0.29) is 74.7 Å². The van der Waals surface area contributed by atoms with Crippen LogP contribution in [0.2, 0.25) is 0 Å². The average molecular weight is 683 g/mol. The fraction of sp³-hybridized carbons (Fsp3) is 0.250. The monoisotopic (exact) mass is 684 g/mol. The summed E-state index contributed by atoms with van der Waals surface area (Å²) in [5.41, 5.74) is 27.2. The molecular weight excluding hydrogens is 651 g/mol. The number of rotatable bonds is 1. The fourth-order valence-corrected chi connectivity index (χ4v) is 1.40. The van der Waals surface area contributed by atoms with Gasteiger partial charge in [-0.05, 0) is 61.4 Å². The second-order valence-corrected chi connectivity index (χ2v) is 13.1. The van der Waals surface area contributed by atoms with Crippen LogP contribution in [0.25, 0.3) is 0 Å². The van der Waals surface area contributed by atoms with Gasteiger partial charge in [0.05, 0.1) is 0 Å². The van der Waals surface area contributed by atoms with Crippen molar-refractivity contribution in [3.05, 3.63) is 47.5 Å². The van der Waals surface area contributed by atoms with Crippen molar-refractivity contribution in [3.8, 4) is 0 Å². The molecule has 0 aliphatic carbocycles. The summed E-state index contributed by atoms with van der Waals surface area (Å²) in [7, 11) is 0. The second-order valence-electron chi connectivity index (χ2n) is 4.89. The van der Waals surface area contributed by atoms with E-state index in [0.29, 0.717) is 0 Å². The van der Waals surface area contributed by atoms with Crippen molar-refractivity contribution < 1.29 is 29.3 Å². The van der Waals surface area contributed by atoms with E-state index < -0.39 is 45.9 Å². The first-order valence-electron chi connectivity index (χ1n) is 6.62.